The van der Waals surface area contributed by atoms with E-state index in [-0.39, 0.29) is 4.90 Å². The Hall–Kier alpha value is -5.43. The van der Waals surface area contributed by atoms with Crippen LogP contribution in [0.1, 0.15) is 28.1 Å². The van der Waals surface area contributed by atoms with Gasteiger partial charge in [0.15, 0.2) is 5.95 Å². The highest BCUT2D eigenvalue weighted by Gasteiger charge is 2.19. The molecule has 2 aliphatic rings. The van der Waals surface area contributed by atoms with E-state index in [1.165, 1.54) is 29.0 Å². The highest BCUT2D eigenvalue weighted by atomic mass is 32.2. The maximum atomic E-state index is 11.1. The molecule has 4 heterocycles. The van der Waals surface area contributed by atoms with Gasteiger partial charge < -0.3 is 9.13 Å². The zero-order chi connectivity index (χ0) is 33.8. The van der Waals surface area contributed by atoms with E-state index in [4.69, 9.17) is 11.1 Å². The molecule has 15 heteroatoms. The lowest BCUT2D eigenvalue weighted by atomic mass is 10.2. The van der Waals surface area contributed by atoms with Crippen molar-refractivity contribution in [3.63, 3.8) is 0 Å². The summed E-state index contributed by atoms with van der Waals surface area (Å²) < 4.78 is 29.2. The molecule has 2 aliphatic heterocycles. The summed E-state index contributed by atoms with van der Waals surface area (Å²) in [6, 6.07) is 27.1. The van der Waals surface area contributed by atoms with Crippen LogP contribution in [0.4, 0.5) is 5.95 Å². The molecular formula is C33H36N12O2S. The van der Waals surface area contributed by atoms with Gasteiger partial charge in [0.1, 0.15) is 0 Å². The molecule has 0 saturated carbocycles. The second kappa shape index (κ2) is 16.4. The molecule has 0 bridgehead atoms. The van der Waals surface area contributed by atoms with Gasteiger partial charge in [-0.25, -0.2) is 18.4 Å². The molecule has 0 saturated heterocycles. The van der Waals surface area contributed by atoms with Gasteiger partial charge in [0.05, 0.1) is 22.6 Å². The number of nitrogens with zero attached hydrogens (tertiary/aromatic N) is 12. The lowest BCUT2D eigenvalue weighted by molar-refractivity contribution is 0.213. The molecular weight excluding hydrogens is 629 g/mol. The van der Waals surface area contributed by atoms with Gasteiger partial charge in [0, 0.05) is 79.1 Å². The van der Waals surface area contributed by atoms with E-state index in [0.29, 0.717) is 5.95 Å². The molecule has 0 amide bonds. The number of benzene rings is 3. The zero-order valence-electron chi connectivity index (χ0n) is 26.6. The molecule has 3 aromatic carbocycles. The average molecular weight is 665 g/mol. The minimum absolute atomic E-state index is 0.0101. The van der Waals surface area contributed by atoms with Crippen molar-refractivity contribution in [1.82, 2.24) is 28.9 Å². The van der Waals surface area contributed by atoms with Gasteiger partial charge in [0.25, 0.3) is 10.0 Å². The van der Waals surface area contributed by atoms with Gasteiger partial charge in [0.2, 0.25) is 0 Å². The van der Waals surface area contributed by atoms with Gasteiger partial charge in [-0.2, -0.15) is 0 Å². The third-order valence-corrected chi connectivity index (χ3v) is 9.03. The summed E-state index contributed by atoms with van der Waals surface area (Å²) in [6.07, 6.45) is 5.69. The van der Waals surface area contributed by atoms with Crippen molar-refractivity contribution in [2.45, 2.75) is 51.1 Å². The first-order valence-electron chi connectivity index (χ1n) is 15.3. The van der Waals surface area contributed by atoms with Crippen LogP contribution in [0.15, 0.2) is 118 Å². The molecule has 48 heavy (non-hydrogen) atoms. The zero-order valence-corrected chi connectivity index (χ0v) is 27.4. The predicted octanol–water partition coefficient (Wildman–Crippen LogP) is 6.73. The second-order valence-corrected chi connectivity index (χ2v) is 12.9. The van der Waals surface area contributed by atoms with E-state index in [1.807, 2.05) is 30.1 Å². The number of aromatic nitrogens is 4. The Bertz CT molecular complexity index is 1980. The quantitative estimate of drug-likeness (QED) is 0.106. The van der Waals surface area contributed by atoms with Gasteiger partial charge >= 0.3 is 0 Å². The normalized spacial score (nSPS) is 14.0. The van der Waals surface area contributed by atoms with Crippen LogP contribution in [0, 0.1) is 6.92 Å². The van der Waals surface area contributed by atoms with Crippen molar-refractivity contribution in [2.75, 3.05) is 13.1 Å². The van der Waals surface area contributed by atoms with Gasteiger partial charge in [-0.05, 0) is 46.4 Å². The van der Waals surface area contributed by atoms with Crippen LogP contribution in [-0.2, 0) is 49.3 Å². The maximum Gasteiger partial charge on any atom is 0.264 e. The molecule has 7 rings (SSSR count). The Morgan fingerprint density at radius 1 is 0.750 bits per heavy atom. The van der Waals surface area contributed by atoms with Crippen molar-refractivity contribution in [2.24, 2.45) is 9.63 Å². The van der Waals surface area contributed by atoms with E-state index in [2.05, 4.69) is 98.4 Å². The Labute approximate surface area is 279 Å². The van der Waals surface area contributed by atoms with Crippen molar-refractivity contribution >= 4 is 16.0 Å². The summed E-state index contributed by atoms with van der Waals surface area (Å²) in [5, 5.41) is 3.60. The Morgan fingerprint density at radius 3 is 1.96 bits per heavy atom. The predicted molar refractivity (Wildman–Crippen MR) is 182 cm³/mol. The smallest absolute Gasteiger partial charge is 0.264 e. The third kappa shape index (κ3) is 9.32. The van der Waals surface area contributed by atoms with Crippen molar-refractivity contribution < 1.29 is 8.42 Å². The Morgan fingerprint density at radius 2 is 1.35 bits per heavy atom. The van der Waals surface area contributed by atoms with Crippen LogP contribution < -0.4 is 0 Å². The molecule has 0 fully saturated rings. The number of rotatable bonds is 7. The van der Waals surface area contributed by atoms with Gasteiger partial charge in [-0.15, -0.1) is 0 Å². The molecule has 0 aliphatic carbocycles. The molecule has 0 atom stereocenters. The summed E-state index contributed by atoms with van der Waals surface area (Å²) in [5.74, 6) is 0.469. The first-order valence-corrected chi connectivity index (χ1v) is 16.8. The van der Waals surface area contributed by atoms with Crippen LogP contribution in [0.3, 0.4) is 0 Å². The van der Waals surface area contributed by atoms with E-state index in [0.717, 1.165) is 63.6 Å². The molecule has 0 spiro atoms. The third-order valence-electron chi connectivity index (χ3n) is 7.88. The molecule has 246 valence electrons. The second-order valence-electron chi connectivity index (χ2n) is 11.3. The van der Waals surface area contributed by atoms with Crippen LogP contribution in [0.5, 0.6) is 0 Å². The summed E-state index contributed by atoms with van der Waals surface area (Å²) in [5.41, 5.74) is 22.5. The van der Waals surface area contributed by atoms with Crippen molar-refractivity contribution in [3.05, 3.63) is 153 Å². The monoisotopic (exact) mass is 664 g/mol. The summed E-state index contributed by atoms with van der Waals surface area (Å²) >= 11 is 0. The van der Waals surface area contributed by atoms with E-state index in [1.54, 1.807) is 18.3 Å². The minimum atomic E-state index is -3.82. The van der Waals surface area contributed by atoms with Gasteiger partial charge in [-0.3, -0.25) is 9.80 Å². The SMILES string of the molecule is Cc1ccc(S(=O)(=O)N=[N+]=[N-])cc1.[N-]=[N+]=Nc1ncc2n1CCN(Cc1ccccc1)C2.c1ccc(CN2CCn3cncc3C2)cc1. The first kappa shape index (κ1) is 33.9. The average Bonchev–Trinajstić information content (AvgIpc) is 3.73. The van der Waals surface area contributed by atoms with E-state index >= 15 is 0 Å². The van der Waals surface area contributed by atoms with Crippen molar-refractivity contribution in [3.8, 4) is 0 Å². The Kier molecular flexibility index (Phi) is 11.6. The van der Waals surface area contributed by atoms with Crippen LogP contribution in [0.25, 0.3) is 20.9 Å². The number of azide groups is 2. The molecule has 0 radical (unpaired) electrons. The van der Waals surface area contributed by atoms with Crippen LogP contribution in [-0.4, -0.2) is 50.4 Å². The largest absolute Gasteiger partial charge is 0.332 e. The number of sulfonamides is 1. The minimum Gasteiger partial charge on any atom is -0.332 e. The number of aryl methyl sites for hydroxylation is 1. The summed E-state index contributed by atoms with van der Waals surface area (Å²) in [4.78, 5) is 18.2. The fourth-order valence-electron chi connectivity index (χ4n) is 5.44. The summed E-state index contributed by atoms with van der Waals surface area (Å²) in [6.45, 7) is 9.57. The fraction of sp³-hybridized carbons (Fsp3) is 0.273. The highest BCUT2D eigenvalue weighted by molar-refractivity contribution is 7.90. The molecule has 5 aromatic rings. The number of fused-ring (bicyclic) bond motifs is 2. The standard InChI is InChI=1S/C13H14N6.C13H15N3.C7H7N3O2S/c14-17-16-13-15-8-12-10-18(6-7-19(12)13)9-11-4-2-1-3-5-11;1-2-4-12(5-3-1)9-15-6-7-16-11-14-8-13(16)10-15;1-6-2-4-7(5-3-6)13(11,12)10-9-8/h1-5,8H,6-7,9-10H2;1-5,8,11H,6-7,9-10H2;2-5H,1H3. The topological polar surface area (TPSA) is 174 Å². The van der Waals surface area contributed by atoms with Crippen LogP contribution >= 0.6 is 0 Å². The van der Waals surface area contributed by atoms with Crippen molar-refractivity contribution in [1.29, 1.82) is 0 Å². The first-order chi connectivity index (χ1) is 23.3. The molecule has 0 N–H and O–H groups in total. The number of hydrogen-bond acceptors (Lipinski definition) is 7. The lowest BCUT2D eigenvalue weighted by Gasteiger charge is -2.28. The molecule has 14 nitrogen and oxygen atoms in total. The maximum absolute atomic E-state index is 11.1. The van der Waals surface area contributed by atoms with Gasteiger partial charge in [-0.1, -0.05) is 78.4 Å². The van der Waals surface area contributed by atoms with Crippen LogP contribution in [0.2, 0.25) is 0 Å². The highest BCUT2D eigenvalue weighted by Crippen LogP contribution is 2.21. The summed E-state index contributed by atoms with van der Waals surface area (Å²) in [7, 11) is -3.82. The Balaban J connectivity index is 0.000000144. The van der Waals surface area contributed by atoms with E-state index in [9.17, 15) is 8.42 Å². The lowest BCUT2D eigenvalue weighted by Crippen LogP contribution is -2.32. The fourth-order valence-corrected chi connectivity index (χ4v) is 6.11. The number of imidazole rings is 2. The van der Waals surface area contributed by atoms with E-state index < -0.39 is 10.0 Å². The number of hydrogen-bond donors (Lipinski definition) is 0. The molecule has 0 unspecified atom stereocenters. The molecule has 2 aromatic heterocycles.